The highest BCUT2D eigenvalue weighted by Gasteiger charge is 2.35. The largest absolute Gasteiger partial charge is 0.385 e. The van der Waals surface area contributed by atoms with Crippen molar-refractivity contribution >= 4 is 33.7 Å². The number of nitrogens with one attached hydrogen (secondary N) is 1. The molecule has 5 heteroatoms. The molecule has 2 amide bonds. The maximum Gasteiger partial charge on any atom is 0.321 e. The molecular formula is C20H21BrN2O2. The molecule has 2 aromatic rings. The molecule has 0 atom stereocenters. The van der Waals surface area contributed by atoms with Crippen LogP contribution in [0.2, 0.25) is 0 Å². The van der Waals surface area contributed by atoms with Gasteiger partial charge in [0.2, 0.25) is 0 Å². The summed E-state index contributed by atoms with van der Waals surface area (Å²) in [5, 5.41) is 13.8. The summed E-state index contributed by atoms with van der Waals surface area (Å²) in [6, 6.07) is 15.1. The van der Waals surface area contributed by atoms with E-state index in [4.69, 9.17) is 0 Å². The van der Waals surface area contributed by atoms with Gasteiger partial charge < -0.3 is 15.3 Å². The van der Waals surface area contributed by atoms with Crippen LogP contribution in [0.25, 0.3) is 6.08 Å². The SMILES string of the molecule is C=Cc1cccc(NC(=O)N2CCC(O)(c3ccc(Br)cc3)CC2)c1. The van der Waals surface area contributed by atoms with Crippen LogP contribution in [0.1, 0.15) is 24.0 Å². The first-order valence-corrected chi connectivity index (χ1v) is 9.06. The number of anilines is 1. The molecule has 0 spiro atoms. The second kappa shape index (κ2) is 7.42. The van der Waals surface area contributed by atoms with Gasteiger partial charge in [0.25, 0.3) is 0 Å². The number of urea groups is 1. The minimum absolute atomic E-state index is 0.140. The maximum atomic E-state index is 12.5. The second-order valence-electron chi connectivity index (χ2n) is 6.29. The highest BCUT2D eigenvalue weighted by Crippen LogP contribution is 2.33. The van der Waals surface area contributed by atoms with Gasteiger partial charge in [0.15, 0.2) is 0 Å². The van der Waals surface area contributed by atoms with Crippen LogP contribution in [0.4, 0.5) is 10.5 Å². The van der Waals surface area contributed by atoms with Gasteiger partial charge in [0.1, 0.15) is 0 Å². The molecule has 0 saturated carbocycles. The molecule has 1 fully saturated rings. The van der Waals surface area contributed by atoms with Crippen molar-refractivity contribution in [2.24, 2.45) is 0 Å². The van der Waals surface area contributed by atoms with Crippen molar-refractivity contribution in [1.29, 1.82) is 0 Å². The summed E-state index contributed by atoms with van der Waals surface area (Å²) in [7, 11) is 0. The number of aliphatic hydroxyl groups is 1. The summed E-state index contributed by atoms with van der Waals surface area (Å²) in [5.41, 5.74) is 1.73. The summed E-state index contributed by atoms with van der Waals surface area (Å²) < 4.78 is 0.985. The molecule has 1 heterocycles. The van der Waals surface area contributed by atoms with Crippen LogP contribution in [0.15, 0.2) is 59.6 Å². The molecular weight excluding hydrogens is 380 g/mol. The number of carbonyl (C=O) groups excluding carboxylic acids is 1. The van der Waals surface area contributed by atoms with Crippen molar-refractivity contribution < 1.29 is 9.90 Å². The lowest BCUT2D eigenvalue weighted by Gasteiger charge is -2.38. The molecule has 1 aliphatic heterocycles. The zero-order valence-electron chi connectivity index (χ0n) is 13.9. The molecule has 0 aromatic heterocycles. The number of nitrogens with zero attached hydrogens (tertiary/aromatic N) is 1. The molecule has 3 rings (SSSR count). The van der Waals surface area contributed by atoms with E-state index >= 15 is 0 Å². The van der Waals surface area contributed by atoms with E-state index in [1.54, 1.807) is 11.0 Å². The van der Waals surface area contributed by atoms with E-state index < -0.39 is 5.60 Å². The number of piperidine rings is 1. The molecule has 130 valence electrons. The van der Waals surface area contributed by atoms with Crippen LogP contribution >= 0.6 is 15.9 Å². The first-order chi connectivity index (χ1) is 12.0. The number of halogens is 1. The van der Waals surface area contributed by atoms with Gasteiger partial charge in [-0.1, -0.05) is 52.9 Å². The van der Waals surface area contributed by atoms with Crippen molar-refractivity contribution in [3.05, 3.63) is 70.7 Å². The van der Waals surface area contributed by atoms with Gasteiger partial charge in [-0.2, -0.15) is 0 Å². The first-order valence-electron chi connectivity index (χ1n) is 8.27. The molecule has 4 nitrogen and oxygen atoms in total. The number of carbonyl (C=O) groups is 1. The van der Waals surface area contributed by atoms with Crippen molar-refractivity contribution in [1.82, 2.24) is 4.90 Å². The smallest absolute Gasteiger partial charge is 0.321 e. The Hall–Kier alpha value is -2.11. The fraction of sp³-hybridized carbons (Fsp3) is 0.250. The van der Waals surface area contributed by atoms with Crippen molar-refractivity contribution in [3.63, 3.8) is 0 Å². The van der Waals surface area contributed by atoms with E-state index in [9.17, 15) is 9.90 Å². The number of rotatable bonds is 3. The lowest BCUT2D eigenvalue weighted by molar-refractivity contribution is -0.0157. The van der Waals surface area contributed by atoms with E-state index in [1.165, 1.54) is 0 Å². The summed E-state index contributed by atoms with van der Waals surface area (Å²) in [4.78, 5) is 14.2. The second-order valence-corrected chi connectivity index (χ2v) is 7.20. The summed E-state index contributed by atoms with van der Waals surface area (Å²) in [6.07, 6.45) is 2.79. The van der Waals surface area contributed by atoms with E-state index in [2.05, 4.69) is 27.8 Å². The van der Waals surface area contributed by atoms with Crippen molar-refractivity contribution in [2.45, 2.75) is 18.4 Å². The van der Waals surface area contributed by atoms with Crippen LogP contribution in [-0.2, 0) is 5.60 Å². The lowest BCUT2D eigenvalue weighted by Crippen LogP contribution is -2.46. The fourth-order valence-electron chi connectivity index (χ4n) is 3.07. The minimum Gasteiger partial charge on any atom is -0.385 e. The summed E-state index contributed by atoms with van der Waals surface area (Å²) >= 11 is 3.41. The molecule has 2 aromatic carbocycles. The number of hydrogen-bond donors (Lipinski definition) is 2. The summed E-state index contributed by atoms with van der Waals surface area (Å²) in [6.45, 7) is 4.76. The van der Waals surface area contributed by atoms with E-state index in [0.717, 1.165) is 21.3 Å². The standard InChI is InChI=1S/C20H21BrN2O2/c1-2-15-4-3-5-18(14-15)22-19(24)23-12-10-20(25,11-13-23)16-6-8-17(21)9-7-16/h2-9,14,25H,1,10-13H2,(H,22,24). The molecule has 25 heavy (non-hydrogen) atoms. The Labute approximate surface area is 156 Å². The van der Waals surface area contributed by atoms with Crippen LogP contribution in [-0.4, -0.2) is 29.1 Å². The van der Waals surface area contributed by atoms with Crippen molar-refractivity contribution in [2.75, 3.05) is 18.4 Å². The highest BCUT2D eigenvalue weighted by molar-refractivity contribution is 9.10. The number of amides is 2. The average Bonchev–Trinajstić information content (AvgIpc) is 2.63. The van der Waals surface area contributed by atoms with Crippen LogP contribution in [0.3, 0.4) is 0 Å². The molecule has 2 N–H and O–H groups in total. The molecule has 0 aliphatic carbocycles. The number of benzene rings is 2. The van der Waals surface area contributed by atoms with Crippen LogP contribution in [0.5, 0.6) is 0 Å². The zero-order chi connectivity index (χ0) is 17.9. The monoisotopic (exact) mass is 400 g/mol. The molecule has 1 saturated heterocycles. The Morgan fingerprint density at radius 3 is 2.52 bits per heavy atom. The Balaban J connectivity index is 1.62. The predicted molar refractivity (Wildman–Crippen MR) is 104 cm³/mol. The molecule has 0 bridgehead atoms. The Kier molecular flexibility index (Phi) is 5.25. The third-order valence-electron chi connectivity index (χ3n) is 4.63. The van der Waals surface area contributed by atoms with Gasteiger partial charge in [-0.25, -0.2) is 4.79 Å². The third-order valence-corrected chi connectivity index (χ3v) is 5.16. The number of likely N-dealkylation sites (tertiary alicyclic amines) is 1. The van der Waals surface area contributed by atoms with Crippen LogP contribution < -0.4 is 5.32 Å². The Morgan fingerprint density at radius 1 is 1.20 bits per heavy atom. The fourth-order valence-corrected chi connectivity index (χ4v) is 3.34. The van der Waals surface area contributed by atoms with E-state index in [-0.39, 0.29) is 6.03 Å². The lowest BCUT2D eigenvalue weighted by atomic mass is 9.84. The zero-order valence-corrected chi connectivity index (χ0v) is 15.5. The quantitative estimate of drug-likeness (QED) is 0.790. The highest BCUT2D eigenvalue weighted by atomic mass is 79.9. The van der Waals surface area contributed by atoms with Gasteiger partial charge in [-0.3, -0.25) is 0 Å². The first kappa shape index (κ1) is 17.7. The molecule has 1 aliphatic rings. The predicted octanol–water partition coefficient (Wildman–Crippen LogP) is 4.61. The topological polar surface area (TPSA) is 52.6 Å². The third kappa shape index (κ3) is 4.11. The Bertz CT molecular complexity index is 766. The Morgan fingerprint density at radius 2 is 1.88 bits per heavy atom. The minimum atomic E-state index is -0.875. The number of hydrogen-bond acceptors (Lipinski definition) is 2. The maximum absolute atomic E-state index is 12.5. The van der Waals surface area contributed by atoms with E-state index in [1.807, 2.05) is 48.5 Å². The average molecular weight is 401 g/mol. The van der Waals surface area contributed by atoms with Crippen LogP contribution in [0, 0.1) is 0 Å². The van der Waals surface area contributed by atoms with E-state index in [0.29, 0.717) is 25.9 Å². The van der Waals surface area contributed by atoms with Gasteiger partial charge in [-0.15, -0.1) is 0 Å². The van der Waals surface area contributed by atoms with Gasteiger partial charge >= 0.3 is 6.03 Å². The summed E-state index contributed by atoms with van der Waals surface area (Å²) in [5.74, 6) is 0. The molecule has 0 unspecified atom stereocenters. The van der Waals surface area contributed by atoms with Gasteiger partial charge in [-0.05, 0) is 48.2 Å². The molecule has 0 radical (unpaired) electrons. The van der Waals surface area contributed by atoms with Crippen molar-refractivity contribution in [3.8, 4) is 0 Å². The normalized spacial score (nSPS) is 16.3. The van der Waals surface area contributed by atoms with Gasteiger partial charge in [0, 0.05) is 23.2 Å². The van der Waals surface area contributed by atoms with Gasteiger partial charge in [0.05, 0.1) is 5.60 Å².